The maximum absolute atomic E-state index is 13.4. The summed E-state index contributed by atoms with van der Waals surface area (Å²) in [5.41, 5.74) is 3.22. The molecule has 0 saturated heterocycles. The Morgan fingerprint density at radius 3 is 2.28 bits per heavy atom. The Hall–Kier alpha value is -2.62. The smallest absolute Gasteiger partial charge is 0.366 e. The number of sulfonamides is 1. The zero-order chi connectivity index (χ0) is 19.0. The number of carbonyl (C=O) groups is 1. The van der Waals surface area contributed by atoms with Gasteiger partial charge >= 0.3 is 6.18 Å². The fraction of sp³-hybridized carbons (Fsp3) is 0.133. The van der Waals surface area contributed by atoms with Crippen LogP contribution in [0.4, 0.5) is 23.2 Å². The minimum Gasteiger partial charge on any atom is -0.366 e. The van der Waals surface area contributed by atoms with E-state index in [0.29, 0.717) is 16.4 Å². The number of halogens is 4. The molecule has 0 fully saturated rings. The number of anilines is 1. The molecule has 0 radical (unpaired) electrons. The van der Waals surface area contributed by atoms with Crippen LogP contribution in [0.25, 0.3) is 0 Å². The maximum Gasteiger partial charge on any atom is 0.419 e. The number of primary amides is 1. The summed E-state index contributed by atoms with van der Waals surface area (Å²) in [7, 11) is -3.44. The first kappa shape index (κ1) is 18.7. The van der Waals surface area contributed by atoms with E-state index in [1.807, 2.05) is 0 Å². The van der Waals surface area contributed by atoms with E-state index in [4.69, 9.17) is 5.73 Å². The molecule has 0 aliphatic rings. The molecule has 1 amide bonds. The van der Waals surface area contributed by atoms with Crippen molar-refractivity contribution in [1.29, 1.82) is 0 Å². The number of nitrogens with zero attached hydrogens (tertiary/aromatic N) is 1. The van der Waals surface area contributed by atoms with Crippen molar-refractivity contribution in [1.82, 2.24) is 0 Å². The summed E-state index contributed by atoms with van der Waals surface area (Å²) in [5.74, 6) is -2.50. The van der Waals surface area contributed by atoms with E-state index in [-0.39, 0.29) is 17.3 Å². The zero-order valence-electron chi connectivity index (χ0n) is 12.7. The van der Waals surface area contributed by atoms with Gasteiger partial charge in [-0.1, -0.05) is 12.1 Å². The molecular formula is C15H12F4N2O3S. The standard InChI is InChI=1S/C15H12F4N2O3S/c1-21(13-5-3-2-4-10(13)14(20)22)25(23,24)9-6-7-12(16)11(8-9)15(17,18)19/h2-8H,1H3,(H2,20,22). The maximum atomic E-state index is 13.4. The Morgan fingerprint density at radius 1 is 1.12 bits per heavy atom. The van der Waals surface area contributed by atoms with Crippen molar-refractivity contribution in [3.8, 4) is 0 Å². The third-order valence-corrected chi connectivity index (χ3v) is 5.18. The van der Waals surface area contributed by atoms with Gasteiger partial charge in [-0.05, 0) is 30.3 Å². The van der Waals surface area contributed by atoms with Crippen LogP contribution in [0.1, 0.15) is 15.9 Å². The number of carbonyl (C=O) groups excluding carboxylic acids is 1. The van der Waals surface area contributed by atoms with E-state index >= 15 is 0 Å². The largest absolute Gasteiger partial charge is 0.419 e. The Balaban J connectivity index is 2.59. The van der Waals surface area contributed by atoms with E-state index in [1.54, 1.807) is 0 Å². The molecule has 2 aromatic carbocycles. The van der Waals surface area contributed by atoms with Crippen LogP contribution in [0, 0.1) is 5.82 Å². The lowest BCUT2D eigenvalue weighted by Gasteiger charge is -2.22. The molecule has 2 N–H and O–H groups in total. The topological polar surface area (TPSA) is 80.5 Å². The zero-order valence-corrected chi connectivity index (χ0v) is 13.5. The summed E-state index contributed by atoms with van der Waals surface area (Å²) in [6.07, 6.45) is -5.06. The molecule has 0 aromatic heterocycles. The van der Waals surface area contributed by atoms with Gasteiger partial charge in [-0.3, -0.25) is 9.10 Å². The van der Waals surface area contributed by atoms with E-state index in [2.05, 4.69) is 0 Å². The highest BCUT2D eigenvalue weighted by atomic mass is 32.2. The Bertz CT molecular complexity index is 927. The number of alkyl halides is 3. The first-order chi connectivity index (χ1) is 11.5. The number of hydrogen-bond acceptors (Lipinski definition) is 3. The van der Waals surface area contributed by atoms with Crippen LogP contribution in [0.15, 0.2) is 47.4 Å². The molecule has 0 aliphatic carbocycles. The van der Waals surface area contributed by atoms with Crippen molar-refractivity contribution in [3.63, 3.8) is 0 Å². The van der Waals surface area contributed by atoms with Gasteiger partial charge in [0.15, 0.2) is 0 Å². The first-order valence-electron chi connectivity index (χ1n) is 6.70. The Kier molecular flexibility index (Phi) is 4.76. The first-order valence-corrected chi connectivity index (χ1v) is 8.15. The number of para-hydroxylation sites is 1. The Morgan fingerprint density at radius 2 is 1.72 bits per heavy atom. The second kappa shape index (κ2) is 6.36. The average molecular weight is 376 g/mol. The SMILES string of the molecule is CN(c1ccccc1C(N)=O)S(=O)(=O)c1ccc(F)c(C(F)(F)F)c1. The third-order valence-electron chi connectivity index (χ3n) is 3.41. The van der Waals surface area contributed by atoms with Crippen LogP contribution < -0.4 is 10.0 Å². The lowest BCUT2D eigenvalue weighted by molar-refractivity contribution is -0.140. The van der Waals surface area contributed by atoms with Gasteiger partial charge in [0.2, 0.25) is 0 Å². The van der Waals surface area contributed by atoms with Crippen LogP contribution in [-0.2, 0) is 16.2 Å². The summed E-state index contributed by atoms with van der Waals surface area (Å²) in [4.78, 5) is 10.6. The summed E-state index contributed by atoms with van der Waals surface area (Å²) >= 11 is 0. The van der Waals surface area contributed by atoms with Crippen LogP contribution in [0.2, 0.25) is 0 Å². The van der Waals surface area contributed by atoms with E-state index in [0.717, 1.165) is 7.05 Å². The molecule has 0 bridgehead atoms. The molecule has 0 saturated carbocycles. The number of rotatable bonds is 4. The molecule has 2 aromatic rings. The molecule has 0 spiro atoms. The van der Waals surface area contributed by atoms with Gasteiger partial charge in [-0.2, -0.15) is 13.2 Å². The number of nitrogens with two attached hydrogens (primary N) is 1. The second-order valence-electron chi connectivity index (χ2n) is 4.99. The van der Waals surface area contributed by atoms with Crippen LogP contribution in [-0.4, -0.2) is 21.4 Å². The van der Waals surface area contributed by atoms with Gasteiger partial charge in [0.1, 0.15) is 5.82 Å². The lowest BCUT2D eigenvalue weighted by Crippen LogP contribution is -2.29. The monoisotopic (exact) mass is 376 g/mol. The summed E-state index contributed by atoms with van der Waals surface area (Å²) in [6, 6.07) is 6.76. The highest BCUT2D eigenvalue weighted by Gasteiger charge is 2.36. The van der Waals surface area contributed by atoms with Gasteiger partial charge in [-0.15, -0.1) is 0 Å². The number of hydrogen-bond donors (Lipinski definition) is 1. The molecule has 25 heavy (non-hydrogen) atoms. The van der Waals surface area contributed by atoms with E-state index < -0.39 is 38.4 Å². The van der Waals surface area contributed by atoms with Crippen LogP contribution in [0.3, 0.4) is 0 Å². The van der Waals surface area contributed by atoms with Crippen molar-refractivity contribution in [3.05, 3.63) is 59.4 Å². The predicted octanol–water partition coefficient (Wildman–Crippen LogP) is 2.77. The van der Waals surface area contributed by atoms with Crippen molar-refractivity contribution >= 4 is 21.6 Å². The normalized spacial score (nSPS) is 12.0. The minimum absolute atomic E-state index is 0.118. The predicted molar refractivity (Wildman–Crippen MR) is 82.0 cm³/mol. The van der Waals surface area contributed by atoms with Gasteiger partial charge in [0.25, 0.3) is 15.9 Å². The van der Waals surface area contributed by atoms with Crippen molar-refractivity contribution in [2.24, 2.45) is 5.73 Å². The van der Waals surface area contributed by atoms with Crippen LogP contribution >= 0.6 is 0 Å². The third kappa shape index (κ3) is 3.58. The molecule has 0 heterocycles. The summed E-state index contributed by atoms with van der Waals surface area (Å²) in [6.45, 7) is 0. The average Bonchev–Trinajstić information content (AvgIpc) is 2.53. The number of amides is 1. The molecular weight excluding hydrogens is 364 g/mol. The molecule has 0 atom stereocenters. The molecule has 10 heteroatoms. The highest BCUT2D eigenvalue weighted by Crippen LogP contribution is 2.34. The fourth-order valence-electron chi connectivity index (χ4n) is 2.13. The van der Waals surface area contributed by atoms with Crippen molar-refractivity contribution in [2.45, 2.75) is 11.1 Å². The molecule has 0 aliphatic heterocycles. The quantitative estimate of drug-likeness (QED) is 0.834. The second-order valence-corrected chi connectivity index (χ2v) is 6.96. The van der Waals surface area contributed by atoms with Gasteiger partial charge < -0.3 is 5.73 Å². The van der Waals surface area contributed by atoms with Gasteiger partial charge in [-0.25, -0.2) is 12.8 Å². The lowest BCUT2D eigenvalue weighted by atomic mass is 10.2. The van der Waals surface area contributed by atoms with E-state index in [9.17, 15) is 30.8 Å². The molecule has 134 valence electrons. The number of benzene rings is 2. The summed E-state index contributed by atoms with van der Waals surface area (Å²) in [5, 5.41) is 0. The van der Waals surface area contributed by atoms with Crippen LogP contribution in [0.5, 0.6) is 0 Å². The van der Waals surface area contributed by atoms with Gasteiger partial charge in [0, 0.05) is 7.05 Å². The molecule has 5 nitrogen and oxygen atoms in total. The minimum atomic E-state index is -5.06. The van der Waals surface area contributed by atoms with E-state index in [1.165, 1.54) is 24.3 Å². The molecule has 2 rings (SSSR count). The van der Waals surface area contributed by atoms with Gasteiger partial charge in [0.05, 0.1) is 21.7 Å². The Labute approximate surface area is 140 Å². The highest BCUT2D eigenvalue weighted by molar-refractivity contribution is 7.92. The summed E-state index contributed by atoms with van der Waals surface area (Å²) < 4.78 is 77.5. The van der Waals surface area contributed by atoms with Crippen molar-refractivity contribution in [2.75, 3.05) is 11.4 Å². The fourth-order valence-corrected chi connectivity index (χ4v) is 3.37. The molecule has 0 unspecified atom stereocenters. The van der Waals surface area contributed by atoms with Crippen molar-refractivity contribution < 1.29 is 30.8 Å².